The van der Waals surface area contributed by atoms with Crippen LogP contribution < -0.4 is 10.6 Å². The Hall–Kier alpha value is -1.42. The normalized spacial score (nSPS) is 17.7. The molecule has 4 heteroatoms. The summed E-state index contributed by atoms with van der Waals surface area (Å²) in [5.41, 5.74) is 0.925. The van der Waals surface area contributed by atoms with Crippen molar-refractivity contribution >= 4 is 5.91 Å². The molecule has 0 radical (unpaired) electrons. The second kappa shape index (κ2) is 7.39. The van der Waals surface area contributed by atoms with E-state index in [2.05, 4.69) is 17.6 Å². The van der Waals surface area contributed by atoms with Crippen LogP contribution in [0, 0.1) is 17.7 Å². The molecule has 0 spiro atoms. The topological polar surface area (TPSA) is 41.1 Å². The highest BCUT2D eigenvalue weighted by Crippen LogP contribution is 2.24. The summed E-state index contributed by atoms with van der Waals surface area (Å²) in [5, 5.41) is 6.25. The van der Waals surface area contributed by atoms with Gasteiger partial charge in [0.2, 0.25) is 5.91 Å². The third kappa shape index (κ3) is 4.60. The van der Waals surface area contributed by atoms with Gasteiger partial charge in [0.25, 0.3) is 0 Å². The van der Waals surface area contributed by atoms with E-state index in [1.807, 2.05) is 0 Å². The number of halogens is 1. The van der Waals surface area contributed by atoms with E-state index >= 15 is 0 Å². The number of nitrogens with one attached hydrogen (secondary N) is 2. The van der Waals surface area contributed by atoms with Gasteiger partial charge in [-0.2, -0.15) is 0 Å². The van der Waals surface area contributed by atoms with Gasteiger partial charge in [-0.25, -0.2) is 4.39 Å². The summed E-state index contributed by atoms with van der Waals surface area (Å²) < 4.78 is 12.8. The number of piperidine rings is 1. The molecular formula is C16H23FN2O. The molecule has 110 valence electrons. The predicted molar refractivity (Wildman–Crippen MR) is 77.6 cm³/mol. The van der Waals surface area contributed by atoms with Crippen molar-refractivity contribution in [1.82, 2.24) is 10.6 Å². The smallest absolute Gasteiger partial charge is 0.220 e. The maximum Gasteiger partial charge on any atom is 0.220 e. The monoisotopic (exact) mass is 278 g/mol. The van der Waals surface area contributed by atoms with E-state index in [-0.39, 0.29) is 11.7 Å². The summed E-state index contributed by atoms with van der Waals surface area (Å²) in [6.45, 7) is 4.75. The highest BCUT2D eigenvalue weighted by Gasteiger charge is 2.21. The summed E-state index contributed by atoms with van der Waals surface area (Å²) in [6, 6.07) is 6.23. The van der Waals surface area contributed by atoms with Gasteiger partial charge in [-0.15, -0.1) is 0 Å². The van der Waals surface area contributed by atoms with Crippen molar-refractivity contribution in [3.63, 3.8) is 0 Å². The molecule has 20 heavy (non-hydrogen) atoms. The lowest BCUT2D eigenvalue weighted by atomic mass is 9.84. The van der Waals surface area contributed by atoms with E-state index in [0.29, 0.717) is 24.8 Å². The van der Waals surface area contributed by atoms with Gasteiger partial charge in [0.15, 0.2) is 0 Å². The minimum Gasteiger partial charge on any atom is -0.352 e. The molecule has 3 nitrogen and oxygen atoms in total. The number of amides is 1. The molecule has 2 rings (SSSR count). The summed E-state index contributed by atoms with van der Waals surface area (Å²) in [7, 11) is 0. The Morgan fingerprint density at radius 1 is 1.35 bits per heavy atom. The standard InChI is InChI=1S/C16H23FN2O/c1-12(14-6-8-18-9-7-14)10-16(20)19-11-13-2-4-15(17)5-3-13/h2-5,12,14,18H,6-11H2,1H3,(H,19,20). The molecule has 1 fully saturated rings. The molecule has 1 unspecified atom stereocenters. The zero-order valence-corrected chi connectivity index (χ0v) is 12.0. The molecule has 2 N–H and O–H groups in total. The lowest BCUT2D eigenvalue weighted by Crippen LogP contribution is -2.33. The molecule has 1 aliphatic rings. The van der Waals surface area contributed by atoms with E-state index in [9.17, 15) is 9.18 Å². The maximum atomic E-state index is 12.8. The van der Waals surface area contributed by atoms with Crippen LogP contribution in [0.3, 0.4) is 0 Å². The first-order valence-corrected chi connectivity index (χ1v) is 7.37. The van der Waals surface area contributed by atoms with E-state index < -0.39 is 0 Å². The number of rotatable bonds is 5. The molecule has 1 atom stereocenters. The number of hydrogen-bond donors (Lipinski definition) is 2. The van der Waals surface area contributed by atoms with Gasteiger partial charge in [-0.1, -0.05) is 19.1 Å². The van der Waals surface area contributed by atoms with Crippen LogP contribution in [0.2, 0.25) is 0 Å². The largest absolute Gasteiger partial charge is 0.352 e. The Morgan fingerprint density at radius 2 is 2.00 bits per heavy atom. The number of carbonyl (C=O) groups excluding carboxylic acids is 1. The van der Waals surface area contributed by atoms with E-state index in [4.69, 9.17) is 0 Å². The fraction of sp³-hybridized carbons (Fsp3) is 0.562. The second-order valence-electron chi connectivity index (χ2n) is 5.67. The van der Waals surface area contributed by atoms with Gasteiger partial charge < -0.3 is 10.6 Å². The van der Waals surface area contributed by atoms with Crippen molar-refractivity contribution < 1.29 is 9.18 Å². The van der Waals surface area contributed by atoms with Crippen LogP contribution in [-0.2, 0) is 11.3 Å². The van der Waals surface area contributed by atoms with Crippen molar-refractivity contribution in [2.45, 2.75) is 32.7 Å². The third-order valence-corrected chi connectivity index (χ3v) is 4.10. The summed E-state index contributed by atoms with van der Waals surface area (Å²) in [4.78, 5) is 11.9. The highest BCUT2D eigenvalue weighted by molar-refractivity contribution is 5.76. The lowest BCUT2D eigenvalue weighted by molar-refractivity contribution is -0.122. The minimum absolute atomic E-state index is 0.0837. The number of benzene rings is 1. The van der Waals surface area contributed by atoms with Crippen molar-refractivity contribution in [2.24, 2.45) is 11.8 Å². The Bertz CT molecular complexity index is 427. The molecule has 1 aliphatic heterocycles. The molecule has 0 aliphatic carbocycles. The summed E-state index contributed by atoms with van der Waals surface area (Å²) in [5.74, 6) is 0.901. The minimum atomic E-state index is -0.250. The Kier molecular flexibility index (Phi) is 5.53. The number of carbonyl (C=O) groups is 1. The van der Waals surface area contributed by atoms with Gasteiger partial charge >= 0.3 is 0 Å². The Balaban J connectivity index is 1.73. The van der Waals surface area contributed by atoms with E-state index in [1.54, 1.807) is 12.1 Å². The Labute approximate surface area is 120 Å². The third-order valence-electron chi connectivity index (χ3n) is 4.10. The highest BCUT2D eigenvalue weighted by atomic mass is 19.1. The lowest BCUT2D eigenvalue weighted by Gasteiger charge is -2.27. The number of hydrogen-bond acceptors (Lipinski definition) is 2. The van der Waals surface area contributed by atoms with Crippen molar-refractivity contribution in [1.29, 1.82) is 0 Å². The molecular weight excluding hydrogens is 255 g/mol. The molecule has 1 saturated heterocycles. The van der Waals surface area contributed by atoms with Crippen LogP contribution in [0.1, 0.15) is 31.7 Å². The fourth-order valence-corrected chi connectivity index (χ4v) is 2.75. The molecule has 1 aromatic rings. The van der Waals surface area contributed by atoms with E-state index in [0.717, 1.165) is 31.5 Å². The Morgan fingerprint density at radius 3 is 2.65 bits per heavy atom. The summed E-state index contributed by atoms with van der Waals surface area (Å²) in [6.07, 6.45) is 2.89. The van der Waals surface area contributed by atoms with Crippen molar-refractivity contribution in [2.75, 3.05) is 13.1 Å². The van der Waals surface area contributed by atoms with Gasteiger partial charge in [0.1, 0.15) is 5.82 Å². The van der Waals surface area contributed by atoms with Crippen LogP contribution in [0.5, 0.6) is 0 Å². The molecule has 0 saturated carbocycles. The molecule has 0 aromatic heterocycles. The van der Waals surface area contributed by atoms with Gasteiger partial charge in [-0.05, 0) is 55.5 Å². The van der Waals surface area contributed by atoms with Gasteiger partial charge in [0.05, 0.1) is 0 Å². The zero-order valence-electron chi connectivity index (χ0n) is 12.0. The first kappa shape index (κ1) is 15.0. The molecule has 1 aromatic carbocycles. The van der Waals surface area contributed by atoms with Crippen LogP contribution in [0.15, 0.2) is 24.3 Å². The van der Waals surface area contributed by atoms with Crippen molar-refractivity contribution in [3.8, 4) is 0 Å². The van der Waals surface area contributed by atoms with Gasteiger partial charge in [0, 0.05) is 13.0 Å². The van der Waals surface area contributed by atoms with Gasteiger partial charge in [-0.3, -0.25) is 4.79 Å². The average Bonchev–Trinajstić information content (AvgIpc) is 2.47. The SMILES string of the molecule is CC(CC(=O)NCc1ccc(F)cc1)C1CCNCC1. The van der Waals surface area contributed by atoms with Crippen LogP contribution in [0.4, 0.5) is 4.39 Å². The average molecular weight is 278 g/mol. The first-order chi connectivity index (χ1) is 9.65. The first-order valence-electron chi connectivity index (χ1n) is 7.37. The maximum absolute atomic E-state index is 12.8. The summed E-state index contributed by atoms with van der Waals surface area (Å²) >= 11 is 0. The molecule has 1 heterocycles. The van der Waals surface area contributed by atoms with E-state index in [1.165, 1.54) is 12.1 Å². The van der Waals surface area contributed by atoms with Crippen molar-refractivity contribution in [3.05, 3.63) is 35.6 Å². The van der Waals surface area contributed by atoms with Crippen LogP contribution in [-0.4, -0.2) is 19.0 Å². The fourth-order valence-electron chi connectivity index (χ4n) is 2.75. The zero-order chi connectivity index (χ0) is 14.4. The second-order valence-corrected chi connectivity index (χ2v) is 5.67. The molecule has 0 bridgehead atoms. The quantitative estimate of drug-likeness (QED) is 0.868. The van der Waals surface area contributed by atoms with Crippen LogP contribution in [0.25, 0.3) is 0 Å². The van der Waals surface area contributed by atoms with Crippen LogP contribution >= 0.6 is 0 Å². The molecule has 1 amide bonds. The predicted octanol–water partition coefficient (Wildman–Crippen LogP) is 2.47.